The van der Waals surface area contributed by atoms with Crippen LogP contribution < -0.4 is 10.2 Å². The minimum Gasteiger partial charge on any atom is -0.488 e. The molecule has 0 bridgehead atoms. The number of carbonyl (C=O) groups excluding carboxylic acids is 1. The molecule has 4 aromatic carbocycles. The van der Waals surface area contributed by atoms with E-state index in [4.69, 9.17) is 21.3 Å². The highest BCUT2D eigenvalue weighted by Gasteiger charge is 2.13. The van der Waals surface area contributed by atoms with Crippen LogP contribution in [0.2, 0.25) is 5.02 Å². The van der Waals surface area contributed by atoms with Gasteiger partial charge in [0.25, 0.3) is 5.91 Å². The summed E-state index contributed by atoms with van der Waals surface area (Å²) in [5.74, 6) is 0.341. The van der Waals surface area contributed by atoms with E-state index >= 15 is 0 Å². The maximum Gasteiger partial charge on any atom is 0.272 e. The molecule has 6 heteroatoms. The highest BCUT2D eigenvalue weighted by molar-refractivity contribution is 6.30. The van der Waals surface area contributed by atoms with Crippen LogP contribution in [0, 0.1) is 0 Å². The maximum atomic E-state index is 13.2. The van der Waals surface area contributed by atoms with Gasteiger partial charge in [0.2, 0.25) is 0 Å². The van der Waals surface area contributed by atoms with Crippen LogP contribution in [0.5, 0.6) is 5.75 Å². The van der Waals surface area contributed by atoms with E-state index in [1.807, 2.05) is 103 Å². The summed E-state index contributed by atoms with van der Waals surface area (Å²) in [6, 6.07) is 34.2. The van der Waals surface area contributed by atoms with E-state index in [-0.39, 0.29) is 5.91 Å². The van der Waals surface area contributed by atoms with Crippen molar-refractivity contribution in [2.75, 3.05) is 0 Å². The molecule has 0 unspecified atom stereocenters. The molecule has 1 aromatic heterocycles. The van der Waals surface area contributed by atoms with Crippen LogP contribution in [-0.2, 0) is 6.61 Å². The van der Waals surface area contributed by atoms with Crippen LogP contribution in [0.3, 0.4) is 0 Å². The van der Waals surface area contributed by atoms with E-state index in [9.17, 15) is 4.79 Å². The average molecular weight is 492 g/mol. The summed E-state index contributed by atoms with van der Waals surface area (Å²) in [7, 11) is 0. The van der Waals surface area contributed by atoms with E-state index in [2.05, 4.69) is 10.5 Å². The molecule has 0 atom stereocenters. The van der Waals surface area contributed by atoms with Gasteiger partial charge < -0.3 is 4.74 Å². The summed E-state index contributed by atoms with van der Waals surface area (Å²) in [6.07, 6.45) is 1.58. The molecule has 0 saturated carbocycles. The lowest BCUT2D eigenvalue weighted by atomic mass is 10.0. The molecule has 5 rings (SSSR count). The number of rotatable bonds is 7. The molecule has 0 aliphatic rings. The second-order valence-electron chi connectivity index (χ2n) is 8.09. The number of hydrogen-bond acceptors (Lipinski definition) is 4. The van der Waals surface area contributed by atoms with Crippen molar-refractivity contribution in [2.24, 2.45) is 5.10 Å². The van der Waals surface area contributed by atoms with Crippen LogP contribution in [-0.4, -0.2) is 17.1 Å². The smallest absolute Gasteiger partial charge is 0.272 e. The van der Waals surface area contributed by atoms with E-state index in [0.29, 0.717) is 22.9 Å². The Bertz CT molecular complexity index is 1530. The summed E-state index contributed by atoms with van der Waals surface area (Å²) in [4.78, 5) is 17.9. The number of benzene rings is 4. The number of fused-ring (bicyclic) bond motifs is 1. The highest BCUT2D eigenvalue weighted by Crippen LogP contribution is 2.25. The Balaban J connectivity index is 1.35. The number of hydrazone groups is 1. The Labute approximate surface area is 214 Å². The molecule has 0 aliphatic heterocycles. The Morgan fingerprint density at radius 1 is 0.889 bits per heavy atom. The molecule has 5 aromatic rings. The van der Waals surface area contributed by atoms with Gasteiger partial charge in [0, 0.05) is 21.5 Å². The van der Waals surface area contributed by atoms with Crippen LogP contribution in [0.25, 0.3) is 22.2 Å². The second kappa shape index (κ2) is 10.8. The van der Waals surface area contributed by atoms with Gasteiger partial charge in [-0.25, -0.2) is 10.4 Å². The number of amides is 1. The quantitative estimate of drug-likeness (QED) is 0.199. The van der Waals surface area contributed by atoms with Gasteiger partial charge in [-0.2, -0.15) is 5.10 Å². The number of hydrogen-bond donors (Lipinski definition) is 1. The Kier molecular flexibility index (Phi) is 7.01. The van der Waals surface area contributed by atoms with Gasteiger partial charge in [-0.1, -0.05) is 84.4 Å². The SMILES string of the molecule is O=C(N/N=C/c1ccccc1OCc1ccc(Cl)cc1)c1cc(-c2ccccc2)nc2ccccc12. The molecule has 5 nitrogen and oxygen atoms in total. The summed E-state index contributed by atoms with van der Waals surface area (Å²) >= 11 is 5.96. The van der Waals surface area contributed by atoms with Crippen molar-refractivity contribution < 1.29 is 9.53 Å². The Hall–Kier alpha value is -4.48. The van der Waals surface area contributed by atoms with Crippen molar-refractivity contribution in [3.8, 4) is 17.0 Å². The number of halogens is 1. The molecule has 0 aliphatic carbocycles. The zero-order valence-electron chi connectivity index (χ0n) is 19.3. The normalized spacial score (nSPS) is 11.0. The summed E-state index contributed by atoms with van der Waals surface area (Å²) in [5, 5.41) is 5.65. The van der Waals surface area contributed by atoms with E-state index < -0.39 is 0 Å². The molecule has 36 heavy (non-hydrogen) atoms. The number of para-hydroxylation sites is 2. The molecule has 0 spiro atoms. The first-order chi connectivity index (χ1) is 17.7. The molecular weight excluding hydrogens is 470 g/mol. The topological polar surface area (TPSA) is 63.6 Å². The average Bonchev–Trinajstić information content (AvgIpc) is 2.93. The van der Waals surface area contributed by atoms with Crippen LogP contribution in [0.15, 0.2) is 114 Å². The first-order valence-electron chi connectivity index (χ1n) is 11.4. The van der Waals surface area contributed by atoms with Crippen LogP contribution in [0.4, 0.5) is 0 Å². The Morgan fingerprint density at radius 3 is 2.44 bits per heavy atom. The summed E-state index contributed by atoms with van der Waals surface area (Å²) in [5.41, 5.74) is 7.31. The van der Waals surface area contributed by atoms with Crippen molar-refractivity contribution in [2.45, 2.75) is 6.61 Å². The second-order valence-corrected chi connectivity index (χ2v) is 8.53. The van der Waals surface area contributed by atoms with Crippen molar-refractivity contribution in [3.05, 3.63) is 131 Å². The monoisotopic (exact) mass is 491 g/mol. The molecule has 176 valence electrons. The number of aromatic nitrogens is 1. The Morgan fingerprint density at radius 2 is 1.61 bits per heavy atom. The van der Waals surface area contributed by atoms with Crippen LogP contribution >= 0.6 is 11.6 Å². The third-order valence-electron chi connectivity index (χ3n) is 5.63. The fourth-order valence-corrected chi connectivity index (χ4v) is 3.93. The van der Waals surface area contributed by atoms with Gasteiger partial charge in [-0.3, -0.25) is 4.79 Å². The minimum absolute atomic E-state index is 0.318. The molecule has 1 amide bonds. The largest absolute Gasteiger partial charge is 0.488 e. The van der Waals surface area contributed by atoms with Crippen molar-refractivity contribution in [3.63, 3.8) is 0 Å². The minimum atomic E-state index is -0.318. The lowest BCUT2D eigenvalue weighted by Gasteiger charge is -2.10. The van der Waals surface area contributed by atoms with Gasteiger partial charge in [0.15, 0.2) is 0 Å². The van der Waals surface area contributed by atoms with Gasteiger partial charge in [0.1, 0.15) is 12.4 Å². The zero-order chi connectivity index (χ0) is 24.7. The molecule has 0 saturated heterocycles. The van der Waals surface area contributed by atoms with Crippen molar-refractivity contribution in [1.29, 1.82) is 0 Å². The molecule has 1 N–H and O–H groups in total. The van der Waals surface area contributed by atoms with Gasteiger partial charge in [-0.15, -0.1) is 0 Å². The fraction of sp³-hybridized carbons (Fsp3) is 0.0333. The van der Waals surface area contributed by atoms with E-state index in [1.165, 1.54) is 0 Å². The van der Waals surface area contributed by atoms with E-state index in [0.717, 1.165) is 33.3 Å². The maximum absolute atomic E-state index is 13.2. The van der Waals surface area contributed by atoms with Crippen molar-refractivity contribution >= 4 is 34.6 Å². The number of carbonyl (C=O) groups is 1. The highest BCUT2D eigenvalue weighted by atomic mass is 35.5. The van der Waals surface area contributed by atoms with Gasteiger partial charge in [-0.05, 0) is 42.0 Å². The number of pyridine rings is 1. The van der Waals surface area contributed by atoms with Gasteiger partial charge >= 0.3 is 0 Å². The molecule has 0 fully saturated rings. The number of ether oxygens (including phenoxy) is 1. The molecule has 1 heterocycles. The first kappa shape index (κ1) is 23.3. The number of nitrogens with zero attached hydrogens (tertiary/aromatic N) is 2. The van der Waals surface area contributed by atoms with Gasteiger partial charge in [0.05, 0.1) is 23.0 Å². The molecular formula is C30H22ClN3O2. The fourth-order valence-electron chi connectivity index (χ4n) is 3.80. The predicted octanol–water partition coefficient (Wildman–Crippen LogP) is 6.90. The third-order valence-corrected chi connectivity index (χ3v) is 5.88. The predicted molar refractivity (Wildman–Crippen MR) is 144 cm³/mol. The third kappa shape index (κ3) is 5.43. The lowest BCUT2D eigenvalue weighted by molar-refractivity contribution is 0.0956. The summed E-state index contributed by atoms with van der Waals surface area (Å²) < 4.78 is 5.97. The van der Waals surface area contributed by atoms with E-state index in [1.54, 1.807) is 12.3 Å². The number of nitrogens with one attached hydrogen (secondary N) is 1. The zero-order valence-corrected chi connectivity index (χ0v) is 20.0. The molecule has 0 radical (unpaired) electrons. The van der Waals surface area contributed by atoms with Crippen molar-refractivity contribution in [1.82, 2.24) is 10.4 Å². The summed E-state index contributed by atoms with van der Waals surface area (Å²) in [6.45, 7) is 0.389. The lowest BCUT2D eigenvalue weighted by Crippen LogP contribution is -2.18. The van der Waals surface area contributed by atoms with Crippen LogP contribution in [0.1, 0.15) is 21.5 Å². The first-order valence-corrected chi connectivity index (χ1v) is 11.8. The standard InChI is InChI=1S/C30H22ClN3O2/c31-24-16-14-21(15-17-24)20-36-29-13-7-4-10-23(29)19-32-34-30(35)26-18-28(22-8-2-1-3-9-22)33-27-12-6-5-11-25(26)27/h1-19H,20H2,(H,34,35)/b32-19+.